The highest BCUT2D eigenvalue weighted by atomic mass is 16.2. The lowest BCUT2D eigenvalue weighted by molar-refractivity contribution is -0.133. The van der Waals surface area contributed by atoms with Gasteiger partial charge in [0.05, 0.1) is 0 Å². The van der Waals surface area contributed by atoms with E-state index in [4.69, 9.17) is 0 Å². The van der Waals surface area contributed by atoms with Crippen LogP contribution in [0.2, 0.25) is 0 Å². The Labute approximate surface area is 110 Å². The lowest BCUT2D eigenvalue weighted by Gasteiger charge is -2.27. The quantitative estimate of drug-likeness (QED) is 0.812. The van der Waals surface area contributed by atoms with E-state index in [1.165, 1.54) is 51.4 Å². The van der Waals surface area contributed by atoms with Crippen molar-refractivity contribution in [2.45, 2.75) is 69.9 Å². The molecule has 1 unspecified atom stereocenters. The maximum atomic E-state index is 12.5. The second-order valence-corrected chi connectivity index (χ2v) is 6.43. The number of carbonyl (C=O) groups excluding carboxylic acids is 1. The van der Waals surface area contributed by atoms with E-state index < -0.39 is 0 Å². The average molecular weight is 250 g/mol. The van der Waals surface area contributed by atoms with Gasteiger partial charge >= 0.3 is 0 Å². The SMILES string of the molecule is O=C(CC1CCCC1)N(CC1CCCN1)C1CC1. The Morgan fingerprint density at radius 1 is 1.06 bits per heavy atom. The van der Waals surface area contributed by atoms with Crippen LogP contribution in [-0.2, 0) is 4.79 Å². The first-order valence-electron chi connectivity index (χ1n) is 7.86. The van der Waals surface area contributed by atoms with Crippen LogP contribution in [0, 0.1) is 5.92 Å². The second-order valence-electron chi connectivity index (χ2n) is 6.43. The first-order valence-corrected chi connectivity index (χ1v) is 7.86. The van der Waals surface area contributed by atoms with E-state index in [0.29, 0.717) is 23.9 Å². The van der Waals surface area contributed by atoms with Gasteiger partial charge < -0.3 is 10.2 Å². The Bertz CT molecular complexity index is 289. The molecular formula is C15H26N2O. The fraction of sp³-hybridized carbons (Fsp3) is 0.933. The number of nitrogens with one attached hydrogen (secondary N) is 1. The number of carbonyl (C=O) groups is 1. The highest BCUT2D eigenvalue weighted by Gasteiger charge is 2.35. The van der Waals surface area contributed by atoms with Crippen molar-refractivity contribution in [2.24, 2.45) is 5.92 Å². The van der Waals surface area contributed by atoms with Gasteiger partial charge in [0.15, 0.2) is 0 Å². The van der Waals surface area contributed by atoms with Gasteiger partial charge in [0, 0.05) is 25.0 Å². The van der Waals surface area contributed by atoms with E-state index in [-0.39, 0.29) is 0 Å². The van der Waals surface area contributed by atoms with E-state index in [9.17, 15) is 4.79 Å². The molecule has 3 heteroatoms. The van der Waals surface area contributed by atoms with Crippen molar-refractivity contribution < 1.29 is 4.79 Å². The van der Waals surface area contributed by atoms with Crippen LogP contribution in [0.5, 0.6) is 0 Å². The number of nitrogens with zero attached hydrogens (tertiary/aromatic N) is 1. The van der Waals surface area contributed by atoms with Crippen molar-refractivity contribution in [3.63, 3.8) is 0 Å². The molecule has 1 N–H and O–H groups in total. The van der Waals surface area contributed by atoms with Gasteiger partial charge in [-0.2, -0.15) is 0 Å². The molecule has 0 bridgehead atoms. The molecule has 1 amide bonds. The van der Waals surface area contributed by atoms with Gasteiger partial charge in [0.25, 0.3) is 0 Å². The molecule has 2 saturated carbocycles. The van der Waals surface area contributed by atoms with Gasteiger partial charge in [-0.25, -0.2) is 0 Å². The van der Waals surface area contributed by atoms with Gasteiger partial charge in [0.2, 0.25) is 5.91 Å². The van der Waals surface area contributed by atoms with E-state index in [2.05, 4.69) is 10.2 Å². The minimum absolute atomic E-state index is 0.443. The molecule has 3 fully saturated rings. The molecule has 0 spiro atoms. The molecule has 3 nitrogen and oxygen atoms in total. The molecule has 0 aromatic heterocycles. The fourth-order valence-corrected chi connectivity index (χ4v) is 3.57. The molecule has 1 saturated heterocycles. The molecule has 0 aromatic rings. The largest absolute Gasteiger partial charge is 0.338 e. The normalized spacial score (nSPS) is 28.8. The Kier molecular flexibility index (Phi) is 3.88. The summed E-state index contributed by atoms with van der Waals surface area (Å²) in [7, 11) is 0. The lowest BCUT2D eigenvalue weighted by atomic mass is 10.0. The van der Waals surface area contributed by atoms with Crippen LogP contribution in [0.1, 0.15) is 57.8 Å². The maximum absolute atomic E-state index is 12.5. The van der Waals surface area contributed by atoms with Gasteiger partial charge in [-0.15, -0.1) is 0 Å². The zero-order chi connectivity index (χ0) is 12.4. The Balaban J connectivity index is 1.52. The van der Waals surface area contributed by atoms with Crippen LogP contribution >= 0.6 is 0 Å². The van der Waals surface area contributed by atoms with E-state index in [0.717, 1.165) is 19.5 Å². The highest BCUT2D eigenvalue weighted by Crippen LogP contribution is 2.32. The minimum atomic E-state index is 0.443. The molecular weight excluding hydrogens is 224 g/mol. The lowest BCUT2D eigenvalue weighted by Crippen LogP contribution is -2.42. The van der Waals surface area contributed by atoms with Crippen molar-refractivity contribution in [1.82, 2.24) is 10.2 Å². The first-order chi connectivity index (χ1) is 8.83. The Morgan fingerprint density at radius 3 is 2.44 bits per heavy atom. The van der Waals surface area contributed by atoms with Crippen molar-refractivity contribution >= 4 is 5.91 Å². The molecule has 1 aliphatic heterocycles. The number of rotatable bonds is 5. The third-order valence-electron chi connectivity index (χ3n) is 4.83. The monoisotopic (exact) mass is 250 g/mol. The molecule has 1 heterocycles. The predicted molar refractivity (Wildman–Crippen MR) is 72.3 cm³/mol. The smallest absolute Gasteiger partial charge is 0.223 e. The van der Waals surface area contributed by atoms with E-state index >= 15 is 0 Å². The molecule has 1 atom stereocenters. The summed E-state index contributed by atoms with van der Waals surface area (Å²) in [6.45, 7) is 2.11. The van der Waals surface area contributed by atoms with Crippen LogP contribution in [0.25, 0.3) is 0 Å². The fourth-order valence-electron chi connectivity index (χ4n) is 3.57. The third kappa shape index (κ3) is 3.05. The Hall–Kier alpha value is -0.570. The van der Waals surface area contributed by atoms with Crippen molar-refractivity contribution in [3.8, 4) is 0 Å². The summed E-state index contributed by atoms with van der Waals surface area (Å²) in [6, 6.07) is 1.15. The van der Waals surface area contributed by atoms with Gasteiger partial charge in [0.1, 0.15) is 0 Å². The summed E-state index contributed by atoms with van der Waals surface area (Å²) in [5, 5.41) is 3.52. The molecule has 0 aromatic carbocycles. The summed E-state index contributed by atoms with van der Waals surface area (Å²) in [5.74, 6) is 1.13. The standard InChI is InChI=1S/C15H26N2O/c18-15(10-12-4-1-2-5-12)17(14-7-8-14)11-13-6-3-9-16-13/h12-14,16H,1-11H2. The van der Waals surface area contributed by atoms with Gasteiger partial charge in [-0.1, -0.05) is 12.8 Å². The zero-order valence-corrected chi connectivity index (χ0v) is 11.4. The molecule has 2 aliphatic carbocycles. The van der Waals surface area contributed by atoms with Crippen LogP contribution < -0.4 is 5.32 Å². The van der Waals surface area contributed by atoms with Crippen molar-refractivity contribution in [3.05, 3.63) is 0 Å². The van der Waals surface area contributed by atoms with Crippen LogP contribution in [0.4, 0.5) is 0 Å². The summed E-state index contributed by atoms with van der Waals surface area (Å²) < 4.78 is 0. The van der Waals surface area contributed by atoms with Crippen molar-refractivity contribution in [1.29, 1.82) is 0 Å². The Morgan fingerprint density at radius 2 is 1.83 bits per heavy atom. The molecule has 18 heavy (non-hydrogen) atoms. The second kappa shape index (κ2) is 5.60. The number of hydrogen-bond acceptors (Lipinski definition) is 2. The molecule has 3 rings (SSSR count). The molecule has 3 aliphatic rings. The topological polar surface area (TPSA) is 32.3 Å². The molecule has 102 valence electrons. The van der Waals surface area contributed by atoms with Gasteiger partial charge in [-0.05, 0) is 51.0 Å². The van der Waals surface area contributed by atoms with Crippen LogP contribution in [0.3, 0.4) is 0 Å². The van der Waals surface area contributed by atoms with E-state index in [1.807, 2.05) is 0 Å². The highest BCUT2D eigenvalue weighted by molar-refractivity contribution is 5.77. The summed E-state index contributed by atoms with van der Waals surface area (Å²) in [5.41, 5.74) is 0. The summed E-state index contributed by atoms with van der Waals surface area (Å²) >= 11 is 0. The summed E-state index contributed by atoms with van der Waals surface area (Å²) in [6.07, 6.45) is 11.1. The van der Waals surface area contributed by atoms with Crippen molar-refractivity contribution in [2.75, 3.05) is 13.1 Å². The number of amides is 1. The van der Waals surface area contributed by atoms with Crippen LogP contribution in [-0.4, -0.2) is 36.0 Å². The number of hydrogen-bond donors (Lipinski definition) is 1. The van der Waals surface area contributed by atoms with Crippen LogP contribution in [0.15, 0.2) is 0 Å². The first kappa shape index (κ1) is 12.5. The third-order valence-corrected chi connectivity index (χ3v) is 4.83. The zero-order valence-electron chi connectivity index (χ0n) is 11.4. The minimum Gasteiger partial charge on any atom is -0.338 e. The summed E-state index contributed by atoms with van der Waals surface area (Å²) in [4.78, 5) is 14.7. The maximum Gasteiger partial charge on any atom is 0.223 e. The molecule has 0 radical (unpaired) electrons. The van der Waals surface area contributed by atoms with Gasteiger partial charge in [-0.3, -0.25) is 4.79 Å². The van der Waals surface area contributed by atoms with E-state index in [1.54, 1.807) is 0 Å². The predicted octanol–water partition coefficient (Wildman–Crippen LogP) is 2.31. The average Bonchev–Trinajstić information content (AvgIpc) is 2.87.